The van der Waals surface area contributed by atoms with Crippen molar-refractivity contribution in [1.29, 1.82) is 0 Å². The maximum absolute atomic E-state index is 13.8. The molecule has 1 aliphatic rings. The molecule has 2 heterocycles. The Labute approximate surface area is 178 Å². The van der Waals surface area contributed by atoms with Crippen molar-refractivity contribution in [2.24, 2.45) is 0 Å². The molecule has 0 aliphatic carbocycles. The predicted molar refractivity (Wildman–Crippen MR) is 118 cm³/mol. The number of allylic oxidation sites excluding steroid dienone is 1. The van der Waals surface area contributed by atoms with Gasteiger partial charge in [0, 0.05) is 11.9 Å². The fourth-order valence-electron chi connectivity index (χ4n) is 3.15. The summed E-state index contributed by atoms with van der Waals surface area (Å²) < 4.78 is 41.7. The fraction of sp³-hybridized carbons (Fsp3) is 0.136. The van der Waals surface area contributed by atoms with Gasteiger partial charge < -0.3 is 5.32 Å². The number of Topliss-reactive ketones (excluding diaryl/α,β-unsaturated/α-hetero) is 1. The smallest absolute Gasteiger partial charge is 0.270 e. The summed E-state index contributed by atoms with van der Waals surface area (Å²) in [5, 5.41) is 4.46. The van der Waals surface area contributed by atoms with Gasteiger partial charge in [0.15, 0.2) is 4.91 Å². The Morgan fingerprint density at radius 3 is 2.53 bits per heavy atom. The summed E-state index contributed by atoms with van der Waals surface area (Å²) in [6.45, 7) is 3.70. The molecule has 0 radical (unpaired) electrons. The Morgan fingerprint density at radius 2 is 1.83 bits per heavy atom. The summed E-state index contributed by atoms with van der Waals surface area (Å²) in [6.07, 6.45) is 1.15. The second-order valence-electron chi connectivity index (χ2n) is 7.08. The van der Waals surface area contributed by atoms with Gasteiger partial charge in [0.05, 0.1) is 12.2 Å². The van der Waals surface area contributed by atoms with E-state index in [1.807, 2.05) is 31.2 Å². The summed E-state index contributed by atoms with van der Waals surface area (Å²) in [7, 11) is -4.10. The lowest BCUT2D eigenvalue weighted by molar-refractivity contribution is 0.104. The van der Waals surface area contributed by atoms with Crippen LogP contribution in [0, 0.1) is 19.7 Å². The number of anilines is 2. The molecular weight excluding hydrogens is 423 g/mol. The number of fused-ring (bicyclic) bond motifs is 1. The SMILES string of the molecule is Cc1ccc(CN2c3ccsc3C(=O)/C(=C/Nc3ccc(C)c(F)c3)S2(=O)=O)cc1. The molecule has 0 unspecified atom stereocenters. The van der Waals surface area contributed by atoms with E-state index in [4.69, 9.17) is 0 Å². The lowest BCUT2D eigenvalue weighted by Gasteiger charge is -2.29. The van der Waals surface area contributed by atoms with Crippen LogP contribution in [0.5, 0.6) is 0 Å². The Bertz CT molecular complexity index is 1260. The topological polar surface area (TPSA) is 66.5 Å². The molecular formula is C22H19FN2O3S2. The number of rotatable bonds is 4. The van der Waals surface area contributed by atoms with Gasteiger partial charge in [-0.3, -0.25) is 9.10 Å². The number of carbonyl (C=O) groups is 1. The van der Waals surface area contributed by atoms with E-state index >= 15 is 0 Å². The third kappa shape index (κ3) is 3.64. The molecule has 3 aromatic rings. The molecule has 1 N–H and O–H groups in total. The molecule has 1 aromatic heterocycles. The Kier molecular flexibility index (Phi) is 5.21. The highest BCUT2D eigenvalue weighted by molar-refractivity contribution is 7.97. The minimum absolute atomic E-state index is 0.107. The number of nitrogens with one attached hydrogen (secondary N) is 1. The van der Waals surface area contributed by atoms with Crippen molar-refractivity contribution in [3.8, 4) is 0 Å². The second-order valence-corrected chi connectivity index (χ2v) is 9.83. The zero-order valence-electron chi connectivity index (χ0n) is 16.3. The van der Waals surface area contributed by atoms with Gasteiger partial charge in [0.25, 0.3) is 10.0 Å². The zero-order valence-corrected chi connectivity index (χ0v) is 18.0. The summed E-state index contributed by atoms with van der Waals surface area (Å²) in [6, 6.07) is 13.7. The first-order valence-corrected chi connectivity index (χ1v) is 11.5. The van der Waals surface area contributed by atoms with Gasteiger partial charge in [0.1, 0.15) is 10.7 Å². The highest BCUT2D eigenvalue weighted by Crippen LogP contribution is 2.39. The van der Waals surface area contributed by atoms with Gasteiger partial charge in [-0.1, -0.05) is 35.9 Å². The lowest BCUT2D eigenvalue weighted by Crippen LogP contribution is -2.38. The predicted octanol–water partition coefficient (Wildman–Crippen LogP) is 4.99. The monoisotopic (exact) mass is 442 g/mol. The molecule has 0 bridgehead atoms. The number of halogens is 1. The number of hydrogen-bond donors (Lipinski definition) is 1. The van der Waals surface area contributed by atoms with Crippen molar-refractivity contribution >= 4 is 38.5 Å². The van der Waals surface area contributed by atoms with E-state index in [0.29, 0.717) is 21.8 Å². The Hall–Kier alpha value is -2.97. The number of benzene rings is 2. The third-order valence-corrected chi connectivity index (χ3v) is 7.57. The first-order chi connectivity index (χ1) is 14.3. The summed E-state index contributed by atoms with van der Waals surface area (Å²) in [4.78, 5) is 12.9. The fourth-order valence-corrected chi connectivity index (χ4v) is 5.63. The van der Waals surface area contributed by atoms with Gasteiger partial charge in [-0.25, -0.2) is 12.8 Å². The average molecular weight is 443 g/mol. The maximum Gasteiger partial charge on any atom is 0.270 e. The van der Waals surface area contributed by atoms with E-state index in [2.05, 4.69) is 5.32 Å². The summed E-state index contributed by atoms with van der Waals surface area (Å²) in [5.41, 5.74) is 3.09. The van der Waals surface area contributed by atoms with Crippen molar-refractivity contribution in [2.75, 3.05) is 9.62 Å². The molecule has 154 valence electrons. The minimum atomic E-state index is -4.10. The van der Waals surface area contributed by atoms with Crippen molar-refractivity contribution < 1.29 is 17.6 Å². The average Bonchev–Trinajstić information content (AvgIpc) is 3.19. The summed E-state index contributed by atoms with van der Waals surface area (Å²) >= 11 is 1.20. The van der Waals surface area contributed by atoms with Crippen LogP contribution >= 0.6 is 11.3 Å². The number of hydrogen-bond acceptors (Lipinski definition) is 5. The van der Waals surface area contributed by atoms with E-state index in [1.165, 1.54) is 21.7 Å². The van der Waals surface area contributed by atoms with Gasteiger partial charge in [-0.2, -0.15) is 0 Å². The molecule has 30 heavy (non-hydrogen) atoms. The van der Waals surface area contributed by atoms with Gasteiger partial charge in [-0.05, 0) is 48.6 Å². The molecule has 5 nitrogen and oxygen atoms in total. The molecule has 1 aliphatic heterocycles. The standard InChI is InChI=1S/C22H19FN2O3S2/c1-14-3-6-16(7-4-14)13-25-19-9-10-29-22(19)21(26)20(30(25,27)28)12-24-17-8-5-15(2)18(23)11-17/h3-12,24H,13H2,1-2H3/b20-12-. The van der Waals surface area contributed by atoms with Crippen molar-refractivity contribution in [3.63, 3.8) is 0 Å². The van der Waals surface area contributed by atoms with Crippen molar-refractivity contribution in [1.82, 2.24) is 0 Å². The van der Waals surface area contributed by atoms with E-state index < -0.39 is 21.6 Å². The van der Waals surface area contributed by atoms with Crippen LogP contribution in [0.15, 0.2) is 65.0 Å². The van der Waals surface area contributed by atoms with Crippen LogP contribution in [0.3, 0.4) is 0 Å². The molecule has 0 saturated carbocycles. The highest BCUT2D eigenvalue weighted by Gasteiger charge is 2.41. The van der Waals surface area contributed by atoms with Crippen LogP contribution in [0.2, 0.25) is 0 Å². The van der Waals surface area contributed by atoms with Crippen LogP contribution in [-0.4, -0.2) is 14.2 Å². The van der Waals surface area contributed by atoms with Gasteiger partial charge in [0.2, 0.25) is 5.78 Å². The molecule has 0 atom stereocenters. The first kappa shape index (κ1) is 20.3. The minimum Gasteiger partial charge on any atom is -0.360 e. The molecule has 2 aromatic carbocycles. The van der Waals surface area contributed by atoms with E-state index in [0.717, 1.165) is 17.3 Å². The largest absolute Gasteiger partial charge is 0.360 e. The number of carbonyl (C=O) groups excluding carboxylic acids is 1. The normalized spacial score (nSPS) is 16.6. The van der Waals surface area contributed by atoms with Crippen molar-refractivity contribution in [3.05, 3.63) is 92.4 Å². The van der Waals surface area contributed by atoms with Crippen LogP contribution in [0.1, 0.15) is 26.4 Å². The van der Waals surface area contributed by atoms with Gasteiger partial charge in [-0.15, -0.1) is 11.3 Å². The Morgan fingerprint density at radius 1 is 1.10 bits per heavy atom. The van der Waals surface area contributed by atoms with Crippen LogP contribution in [-0.2, 0) is 16.6 Å². The molecule has 8 heteroatoms. The van der Waals surface area contributed by atoms with Crippen LogP contribution in [0.4, 0.5) is 15.8 Å². The van der Waals surface area contributed by atoms with E-state index in [-0.39, 0.29) is 11.4 Å². The molecule has 0 amide bonds. The number of nitrogens with zero attached hydrogens (tertiary/aromatic N) is 1. The van der Waals surface area contributed by atoms with E-state index in [1.54, 1.807) is 30.5 Å². The Balaban J connectivity index is 1.73. The molecule has 0 fully saturated rings. The quantitative estimate of drug-likeness (QED) is 0.578. The summed E-state index contributed by atoms with van der Waals surface area (Å²) in [5.74, 6) is -0.988. The number of sulfonamides is 1. The van der Waals surface area contributed by atoms with Crippen LogP contribution in [0.25, 0.3) is 0 Å². The van der Waals surface area contributed by atoms with E-state index in [9.17, 15) is 17.6 Å². The molecule has 0 saturated heterocycles. The third-order valence-electron chi connectivity index (χ3n) is 4.90. The molecule has 0 spiro atoms. The maximum atomic E-state index is 13.8. The zero-order chi connectivity index (χ0) is 21.5. The van der Waals surface area contributed by atoms with Crippen LogP contribution < -0.4 is 9.62 Å². The van der Waals surface area contributed by atoms with Crippen molar-refractivity contribution in [2.45, 2.75) is 20.4 Å². The first-order valence-electron chi connectivity index (χ1n) is 9.21. The highest BCUT2D eigenvalue weighted by atomic mass is 32.2. The lowest BCUT2D eigenvalue weighted by atomic mass is 10.1. The number of aryl methyl sites for hydroxylation is 2. The number of ketones is 1. The molecule has 4 rings (SSSR count). The second kappa shape index (κ2) is 7.70. The number of thiophene rings is 1. The van der Waals surface area contributed by atoms with Gasteiger partial charge >= 0.3 is 0 Å².